The number of para-hydroxylation sites is 1. The Labute approximate surface area is 236 Å². The van der Waals surface area contributed by atoms with Gasteiger partial charge in [0.2, 0.25) is 0 Å². The van der Waals surface area contributed by atoms with Gasteiger partial charge in [0.15, 0.2) is 0 Å². The highest BCUT2D eigenvalue weighted by molar-refractivity contribution is 8.26. The first-order chi connectivity index (χ1) is 19.1. The Kier molecular flexibility index (Phi) is 7.30. The SMILES string of the molecule is O=C1C(=Cc2cn(-c3ccccc3)nc2-c2cccc(OCc3ccccc3F)c2)SC(=S)N1C1CCCC1. The van der Waals surface area contributed by atoms with Crippen LogP contribution in [0.15, 0.2) is 90.0 Å². The molecule has 1 aliphatic carbocycles. The first-order valence-corrected chi connectivity index (χ1v) is 14.2. The molecule has 1 aliphatic heterocycles. The van der Waals surface area contributed by atoms with Crippen molar-refractivity contribution in [3.8, 4) is 22.7 Å². The van der Waals surface area contributed by atoms with Crippen molar-refractivity contribution >= 4 is 40.3 Å². The number of hydrogen-bond donors (Lipinski definition) is 0. The molecular weight excluding hydrogens is 529 g/mol. The second-order valence-corrected chi connectivity index (χ2v) is 11.3. The Morgan fingerprint density at radius 2 is 1.79 bits per heavy atom. The van der Waals surface area contributed by atoms with Gasteiger partial charge in [-0.25, -0.2) is 9.07 Å². The van der Waals surface area contributed by atoms with Crippen LogP contribution in [0.3, 0.4) is 0 Å². The lowest BCUT2D eigenvalue weighted by Crippen LogP contribution is -2.36. The molecule has 0 atom stereocenters. The van der Waals surface area contributed by atoms with Crippen LogP contribution >= 0.6 is 24.0 Å². The van der Waals surface area contributed by atoms with Crippen molar-refractivity contribution < 1.29 is 13.9 Å². The summed E-state index contributed by atoms with van der Waals surface area (Å²) < 4.78 is 22.5. The normalized spacial score (nSPS) is 16.9. The van der Waals surface area contributed by atoms with Gasteiger partial charge in [-0.1, -0.05) is 85.4 Å². The minimum atomic E-state index is -0.299. The molecule has 0 N–H and O–H groups in total. The Balaban J connectivity index is 1.34. The molecule has 0 bridgehead atoms. The minimum Gasteiger partial charge on any atom is -0.489 e. The van der Waals surface area contributed by atoms with Gasteiger partial charge in [0.1, 0.15) is 28.2 Å². The summed E-state index contributed by atoms with van der Waals surface area (Å²) in [6.07, 6.45) is 8.07. The lowest BCUT2D eigenvalue weighted by Gasteiger charge is -2.21. The maximum Gasteiger partial charge on any atom is 0.266 e. The molecule has 0 spiro atoms. The second kappa shape index (κ2) is 11.2. The standard InChI is InChI=1S/C31H26FN3O2S2/c32-27-16-7-4-9-22(27)20-37-26-15-8-10-21(17-26)29-23(19-34(33-29)24-11-2-1-3-12-24)18-28-30(36)35(31(38)39-28)25-13-5-6-14-25/h1-4,7-12,15-19,25H,5-6,13-14,20H2. The highest BCUT2D eigenvalue weighted by atomic mass is 32.2. The number of carbonyl (C=O) groups is 1. The van der Waals surface area contributed by atoms with E-state index in [4.69, 9.17) is 22.1 Å². The number of carbonyl (C=O) groups excluding carboxylic acids is 1. The zero-order chi connectivity index (χ0) is 26.8. The molecule has 0 radical (unpaired) electrons. The van der Waals surface area contributed by atoms with Crippen LogP contribution in [0, 0.1) is 5.82 Å². The average Bonchev–Trinajstić information content (AvgIpc) is 3.69. The first kappa shape index (κ1) is 25.5. The average molecular weight is 556 g/mol. The third-order valence-corrected chi connectivity index (χ3v) is 8.35. The fourth-order valence-corrected chi connectivity index (χ4v) is 6.43. The first-order valence-electron chi connectivity index (χ1n) is 13.0. The van der Waals surface area contributed by atoms with Crippen molar-refractivity contribution in [3.63, 3.8) is 0 Å². The number of amides is 1. The van der Waals surface area contributed by atoms with Crippen molar-refractivity contribution in [1.29, 1.82) is 0 Å². The largest absolute Gasteiger partial charge is 0.489 e. The molecule has 4 aromatic rings. The predicted octanol–water partition coefficient (Wildman–Crippen LogP) is 7.40. The summed E-state index contributed by atoms with van der Waals surface area (Å²) in [5.41, 5.74) is 3.73. The fourth-order valence-electron chi connectivity index (χ4n) is 5.04. The number of benzene rings is 3. The van der Waals surface area contributed by atoms with Crippen molar-refractivity contribution in [2.45, 2.75) is 38.3 Å². The van der Waals surface area contributed by atoms with Gasteiger partial charge in [-0.2, -0.15) is 5.10 Å². The highest BCUT2D eigenvalue weighted by Crippen LogP contribution is 2.39. The molecule has 1 amide bonds. The maximum atomic E-state index is 14.1. The van der Waals surface area contributed by atoms with E-state index < -0.39 is 0 Å². The van der Waals surface area contributed by atoms with Crippen LogP contribution in [0.25, 0.3) is 23.0 Å². The topological polar surface area (TPSA) is 47.4 Å². The summed E-state index contributed by atoms with van der Waals surface area (Å²) in [5.74, 6) is 0.272. The van der Waals surface area contributed by atoms with Gasteiger partial charge in [0.25, 0.3) is 5.91 Å². The summed E-state index contributed by atoms with van der Waals surface area (Å²) in [5, 5.41) is 4.90. The quantitative estimate of drug-likeness (QED) is 0.176. The summed E-state index contributed by atoms with van der Waals surface area (Å²) in [7, 11) is 0. The molecule has 1 aromatic heterocycles. The van der Waals surface area contributed by atoms with Crippen LogP contribution in [0.4, 0.5) is 4.39 Å². The number of thioether (sulfide) groups is 1. The van der Waals surface area contributed by atoms with E-state index in [9.17, 15) is 9.18 Å². The fraction of sp³-hybridized carbons (Fsp3) is 0.194. The van der Waals surface area contributed by atoms with Crippen LogP contribution in [-0.2, 0) is 11.4 Å². The second-order valence-electron chi connectivity index (χ2n) is 9.61. The summed E-state index contributed by atoms with van der Waals surface area (Å²) in [6, 6.07) is 24.2. The molecule has 0 unspecified atom stereocenters. The van der Waals surface area contributed by atoms with E-state index in [1.54, 1.807) is 23.1 Å². The molecule has 196 valence electrons. The van der Waals surface area contributed by atoms with Crippen LogP contribution in [0.1, 0.15) is 36.8 Å². The predicted molar refractivity (Wildman–Crippen MR) is 157 cm³/mol. The Bertz CT molecular complexity index is 1560. The smallest absolute Gasteiger partial charge is 0.266 e. The molecule has 2 fully saturated rings. The van der Waals surface area contributed by atoms with E-state index in [2.05, 4.69) is 0 Å². The van der Waals surface area contributed by atoms with Gasteiger partial charge >= 0.3 is 0 Å². The van der Waals surface area contributed by atoms with Gasteiger partial charge < -0.3 is 4.74 Å². The number of aromatic nitrogens is 2. The summed E-state index contributed by atoms with van der Waals surface area (Å²) >= 11 is 6.97. The van der Waals surface area contributed by atoms with Gasteiger partial charge in [0.05, 0.1) is 10.6 Å². The number of halogens is 1. The summed E-state index contributed by atoms with van der Waals surface area (Å²) in [4.78, 5) is 15.8. The van der Waals surface area contributed by atoms with Crippen molar-refractivity contribution in [3.05, 3.63) is 107 Å². The molecule has 2 heterocycles. The van der Waals surface area contributed by atoms with E-state index in [1.165, 1.54) is 17.8 Å². The molecular formula is C31H26FN3O2S2. The number of thiocarbonyl (C=S) groups is 1. The molecule has 3 aromatic carbocycles. The van der Waals surface area contributed by atoms with Gasteiger partial charge in [-0.05, 0) is 49.2 Å². The van der Waals surface area contributed by atoms with Crippen LogP contribution in [-0.4, -0.2) is 30.9 Å². The van der Waals surface area contributed by atoms with E-state index in [0.717, 1.165) is 42.5 Å². The third-order valence-electron chi connectivity index (χ3n) is 7.02. The van der Waals surface area contributed by atoms with Crippen molar-refractivity contribution in [1.82, 2.24) is 14.7 Å². The Hall–Kier alpha value is -3.75. The molecule has 39 heavy (non-hydrogen) atoms. The van der Waals surface area contributed by atoms with Gasteiger partial charge in [0, 0.05) is 28.9 Å². The van der Waals surface area contributed by atoms with Crippen LogP contribution in [0.5, 0.6) is 5.75 Å². The number of hydrogen-bond acceptors (Lipinski definition) is 5. The van der Waals surface area contributed by atoms with Crippen molar-refractivity contribution in [2.24, 2.45) is 0 Å². The monoisotopic (exact) mass is 555 g/mol. The minimum absolute atomic E-state index is 0.0303. The lowest BCUT2D eigenvalue weighted by atomic mass is 10.1. The summed E-state index contributed by atoms with van der Waals surface area (Å²) in [6.45, 7) is 0.116. The van der Waals surface area contributed by atoms with E-state index in [-0.39, 0.29) is 24.4 Å². The number of nitrogens with zero attached hydrogens (tertiary/aromatic N) is 3. The molecule has 6 rings (SSSR count). The third kappa shape index (κ3) is 5.40. The highest BCUT2D eigenvalue weighted by Gasteiger charge is 2.38. The lowest BCUT2D eigenvalue weighted by molar-refractivity contribution is -0.123. The Morgan fingerprint density at radius 1 is 1.03 bits per heavy atom. The molecule has 1 saturated heterocycles. The van der Waals surface area contributed by atoms with Crippen LogP contribution in [0.2, 0.25) is 0 Å². The van der Waals surface area contributed by atoms with Gasteiger partial charge in [-0.15, -0.1) is 0 Å². The van der Waals surface area contributed by atoms with Gasteiger partial charge in [-0.3, -0.25) is 9.69 Å². The Morgan fingerprint density at radius 3 is 2.59 bits per heavy atom. The van der Waals surface area contributed by atoms with Crippen LogP contribution < -0.4 is 4.74 Å². The zero-order valence-corrected chi connectivity index (χ0v) is 22.8. The molecule has 5 nitrogen and oxygen atoms in total. The maximum absolute atomic E-state index is 14.1. The zero-order valence-electron chi connectivity index (χ0n) is 21.1. The van der Waals surface area contributed by atoms with E-state index in [1.807, 2.05) is 71.6 Å². The van der Waals surface area contributed by atoms with E-state index >= 15 is 0 Å². The number of ether oxygens (including phenoxy) is 1. The van der Waals surface area contributed by atoms with Crippen molar-refractivity contribution in [2.75, 3.05) is 0 Å². The molecule has 8 heteroatoms. The number of rotatable bonds is 7. The van der Waals surface area contributed by atoms with E-state index in [0.29, 0.717) is 26.2 Å². The molecule has 1 saturated carbocycles. The molecule has 2 aliphatic rings.